The molecule has 0 aliphatic heterocycles. The number of rotatable bonds is 3. The van der Waals surface area contributed by atoms with E-state index in [1.165, 1.54) is 16.7 Å². The van der Waals surface area contributed by atoms with Crippen molar-refractivity contribution < 1.29 is 0 Å². The molecule has 0 N–H and O–H groups in total. The van der Waals surface area contributed by atoms with Crippen molar-refractivity contribution in [2.75, 3.05) is 0 Å². The molecule has 1 aromatic rings. The van der Waals surface area contributed by atoms with Crippen LogP contribution < -0.4 is 0 Å². The largest absolute Gasteiger partial charge is 0.119 e. The Morgan fingerprint density at radius 1 is 1.00 bits per heavy atom. The molecule has 0 saturated carbocycles. The van der Waals surface area contributed by atoms with Crippen LogP contribution >= 0.6 is 8.86 Å². The quantitative estimate of drug-likeness (QED) is 0.520. The topological polar surface area (TPSA) is 0 Å². The monoisotopic (exact) mass is 216 g/mol. The van der Waals surface area contributed by atoms with Gasteiger partial charge in [0.25, 0.3) is 0 Å². The molecule has 0 fully saturated rings. The molecule has 0 aliphatic carbocycles. The lowest BCUT2D eigenvalue weighted by Crippen LogP contribution is -1.85. The number of hydrogen-bond acceptors (Lipinski definition) is 0. The summed E-state index contributed by atoms with van der Waals surface area (Å²) in [6, 6.07) is 10.4. The second-order valence-electron chi connectivity index (χ2n) is 3.87. The van der Waals surface area contributed by atoms with Gasteiger partial charge < -0.3 is 0 Å². The summed E-state index contributed by atoms with van der Waals surface area (Å²) in [7, 11) is 3.52. The average molecular weight is 216 g/mol. The van der Waals surface area contributed by atoms with Crippen LogP contribution in [0.5, 0.6) is 0 Å². The molecule has 0 aliphatic rings. The second kappa shape index (κ2) is 5.68. The second-order valence-corrected chi connectivity index (χ2v) is 4.66. The van der Waals surface area contributed by atoms with Crippen LogP contribution in [-0.4, -0.2) is 5.29 Å². The Hall–Kier alpha value is -1.13. The van der Waals surface area contributed by atoms with Gasteiger partial charge in [-0.2, -0.15) is 0 Å². The summed E-state index contributed by atoms with van der Waals surface area (Å²) in [4.78, 5) is 0. The van der Waals surface area contributed by atoms with E-state index in [1.807, 2.05) is 13.0 Å². The number of allylic oxidation sites excluding steroid dienone is 4. The maximum Gasteiger partial charge on any atom is -0.0179 e. The molecule has 0 unspecified atom stereocenters. The van der Waals surface area contributed by atoms with Gasteiger partial charge >= 0.3 is 0 Å². The molecular formula is C14H17P. The van der Waals surface area contributed by atoms with E-state index in [1.54, 1.807) is 0 Å². The van der Waals surface area contributed by atoms with Crippen LogP contribution in [0.2, 0.25) is 0 Å². The third-order valence-corrected chi connectivity index (χ3v) is 2.07. The van der Waals surface area contributed by atoms with Gasteiger partial charge in [0, 0.05) is 0 Å². The molecule has 0 nitrogen and oxygen atoms in total. The van der Waals surface area contributed by atoms with Gasteiger partial charge in [-0.3, -0.25) is 0 Å². The first-order valence-electron chi connectivity index (χ1n) is 5.07. The van der Waals surface area contributed by atoms with Crippen LogP contribution in [0.15, 0.2) is 48.1 Å². The minimum atomic E-state index is 1.13. The molecule has 0 bridgehead atoms. The van der Waals surface area contributed by atoms with Gasteiger partial charge in [0.2, 0.25) is 0 Å². The van der Waals surface area contributed by atoms with E-state index >= 15 is 0 Å². The molecule has 0 heterocycles. The van der Waals surface area contributed by atoms with E-state index in [2.05, 4.69) is 59.1 Å². The SMILES string of the molecule is CC(=P)/C=C(\C=C(C)C)c1ccccc1. The molecule has 0 saturated heterocycles. The summed E-state index contributed by atoms with van der Waals surface area (Å²) >= 11 is 0. The zero-order valence-electron chi connectivity index (χ0n) is 9.54. The third-order valence-electron chi connectivity index (χ3n) is 1.92. The van der Waals surface area contributed by atoms with Crippen molar-refractivity contribution in [3.63, 3.8) is 0 Å². The summed E-state index contributed by atoms with van der Waals surface area (Å²) in [6.07, 6.45) is 4.33. The lowest BCUT2D eigenvalue weighted by molar-refractivity contribution is 1.39. The summed E-state index contributed by atoms with van der Waals surface area (Å²) in [5.41, 5.74) is 3.79. The molecule has 0 aromatic heterocycles. The number of benzene rings is 1. The van der Waals surface area contributed by atoms with Crippen LogP contribution in [-0.2, 0) is 0 Å². The van der Waals surface area contributed by atoms with E-state index in [-0.39, 0.29) is 0 Å². The minimum Gasteiger partial charge on any atom is -0.119 e. The highest BCUT2D eigenvalue weighted by molar-refractivity contribution is 7.21. The predicted molar refractivity (Wildman–Crippen MR) is 72.8 cm³/mol. The molecule has 78 valence electrons. The standard InChI is InChI=1S/C14H17P/c1-11(2)9-14(10-12(3)15)13-7-5-4-6-8-13/h4-10,15H,1-3H3/b14-10+. The molecule has 0 spiro atoms. The molecular weight excluding hydrogens is 199 g/mol. The molecule has 1 aromatic carbocycles. The first-order chi connectivity index (χ1) is 7.09. The fourth-order valence-electron chi connectivity index (χ4n) is 1.38. The van der Waals surface area contributed by atoms with Gasteiger partial charge in [-0.25, -0.2) is 0 Å². The van der Waals surface area contributed by atoms with Crippen LogP contribution in [0.3, 0.4) is 0 Å². The van der Waals surface area contributed by atoms with Gasteiger partial charge in [-0.1, -0.05) is 42.0 Å². The van der Waals surface area contributed by atoms with E-state index < -0.39 is 0 Å². The van der Waals surface area contributed by atoms with Crippen LogP contribution in [0.1, 0.15) is 26.3 Å². The zero-order valence-corrected chi connectivity index (χ0v) is 10.5. The first kappa shape index (κ1) is 11.9. The highest BCUT2D eigenvalue weighted by Crippen LogP contribution is 2.17. The fraction of sp³-hybridized carbons (Fsp3) is 0.214. The van der Waals surface area contributed by atoms with Crippen molar-refractivity contribution in [3.8, 4) is 0 Å². The summed E-state index contributed by atoms with van der Waals surface area (Å²) < 4.78 is 0. The average Bonchev–Trinajstić information content (AvgIpc) is 2.17. The van der Waals surface area contributed by atoms with Gasteiger partial charge in [-0.05, 0) is 43.3 Å². The summed E-state index contributed by atoms with van der Waals surface area (Å²) in [6.45, 7) is 6.26. The zero-order chi connectivity index (χ0) is 11.3. The summed E-state index contributed by atoms with van der Waals surface area (Å²) in [5, 5.41) is 1.13. The van der Waals surface area contributed by atoms with Crippen molar-refractivity contribution in [1.29, 1.82) is 0 Å². The maximum absolute atomic E-state index is 3.52. The van der Waals surface area contributed by atoms with Gasteiger partial charge in [-0.15, -0.1) is 8.86 Å². The Kier molecular flexibility index (Phi) is 4.52. The van der Waals surface area contributed by atoms with Crippen LogP contribution in [0, 0.1) is 0 Å². The van der Waals surface area contributed by atoms with Gasteiger partial charge in [0.1, 0.15) is 0 Å². The predicted octanol–water partition coefficient (Wildman–Crippen LogP) is 4.37. The van der Waals surface area contributed by atoms with E-state index in [9.17, 15) is 0 Å². The minimum absolute atomic E-state index is 1.13. The normalized spacial score (nSPS) is 11.0. The number of hydrogen-bond donors (Lipinski definition) is 0. The Morgan fingerprint density at radius 2 is 1.60 bits per heavy atom. The lowest BCUT2D eigenvalue weighted by atomic mass is 10.0. The van der Waals surface area contributed by atoms with E-state index in [4.69, 9.17) is 0 Å². The molecule has 1 heteroatoms. The molecule has 15 heavy (non-hydrogen) atoms. The molecule has 0 radical (unpaired) electrons. The van der Waals surface area contributed by atoms with E-state index in [0.29, 0.717) is 0 Å². The molecule has 1 rings (SSSR count). The Bertz CT molecular complexity index is 393. The highest BCUT2D eigenvalue weighted by Gasteiger charge is 1.97. The highest BCUT2D eigenvalue weighted by atomic mass is 31.0. The van der Waals surface area contributed by atoms with Crippen LogP contribution in [0.25, 0.3) is 5.57 Å². The van der Waals surface area contributed by atoms with Crippen molar-refractivity contribution in [2.45, 2.75) is 20.8 Å². The van der Waals surface area contributed by atoms with Crippen molar-refractivity contribution in [2.24, 2.45) is 0 Å². The van der Waals surface area contributed by atoms with Gasteiger partial charge in [0.15, 0.2) is 0 Å². The Labute approximate surface area is 94.6 Å². The Morgan fingerprint density at radius 3 is 2.07 bits per heavy atom. The Balaban J connectivity index is 3.14. The maximum atomic E-state index is 3.52. The van der Waals surface area contributed by atoms with Gasteiger partial charge in [0.05, 0.1) is 0 Å². The van der Waals surface area contributed by atoms with Crippen molar-refractivity contribution in [1.82, 2.24) is 0 Å². The van der Waals surface area contributed by atoms with Crippen LogP contribution in [0.4, 0.5) is 0 Å². The first-order valence-corrected chi connectivity index (χ1v) is 5.57. The lowest BCUT2D eigenvalue weighted by Gasteiger charge is -2.03. The van der Waals surface area contributed by atoms with E-state index in [0.717, 1.165) is 5.29 Å². The van der Waals surface area contributed by atoms with Crippen molar-refractivity contribution >= 4 is 19.7 Å². The third kappa shape index (κ3) is 4.27. The fourth-order valence-corrected chi connectivity index (χ4v) is 1.54. The molecule has 0 amide bonds. The summed E-state index contributed by atoms with van der Waals surface area (Å²) in [5.74, 6) is 0. The smallest absolute Gasteiger partial charge is 0.0179 e. The van der Waals surface area contributed by atoms with Crippen molar-refractivity contribution in [3.05, 3.63) is 53.6 Å². The molecule has 0 atom stereocenters.